The number of benzene rings is 2. The quantitative estimate of drug-likeness (QED) is 0.939. The zero-order valence-electron chi connectivity index (χ0n) is 13.3. The summed E-state index contributed by atoms with van der Waals surface area (Å²) in [6.45, 7) is 5.00. The lowest BCUT2D eigenvalue weighted by Crippen LogP contribution is -2.17. The highest BCUT2D eigenvalue weighted by Crippen LogP contribution is 2.33. The van der Waals surface area contributed by atoms with E-state index < -0.39 is 11.9 Å². The number of fused-ring (bicyclic) bond motifs is 1. The molecule has 1 atom stereocenters. The molecule has 1 aliphatic heterocycles. The van der Waals surface area contributed by atoms with Crippen molar-refractivity contribution in [3.63, 3.8) is 0 Å². The lowest BCUT2D eigenvalue weighted by atomic mass is 9.88. The van der Waals surface area contributed by atoms with Crippen molar-refractivity contribution in [2.45, 2.75) is 26.2 Å². The summed E-state index contributed by atoms with van der Waals surface area (Å²) in [7, 11) is 0. The molecule has 0 amide bonds. The Bertz CT molecular complexity index is 736. The molecule has 3 rings (SSSR count). The summed E-state index contributed by atoms with van der Waals surface area (Å²) >= 11 is 0. The minimum Gasteiger partial charge on any atom is -0.486 e. The van der Waals surface area contributed by atoms with E-state index in [-0.39, 0.29) is 0 Å². The number of ether oxygens (including phenoxy) is 2. The van der Waals surface area contributed by atoms with E-state index in [1.807, 2.05) is 50.2 Å². The van der Waals surface area contributed by atoms with Gasteiger partial charge in [0.05, 0.1) is 5.92 Å². The van der Waals surface area contributed by atoms with Gasteiger partial charge in [0.15, 0.2) is 11.5 Å². The summed E-state index contributed by atoms with van der Waals surface area (Å²) in [5.74, 6) is 0.0310. The van der Waals surface area contributed by atoms with Crippen LogP contribution in [0.15, 0.2) is 36.4 Å². The molecule has 1 heterocycles. The summed E-state index contributed by atoms with van der Waals surface area (Å²) in [4.78, 5) is 11.8. The molecule has 0 fully saturated rings. The highest BCUT2D eigenvalue weighted by atomic mass is 16.6. The van der Waals surface area contributed by atoms with E-state index in [0.717, 1.165) is 28.0 Å². The molecular weight excluding hydrogens is 292 g/mol. The monoisotopic (exact) mass is 312 g/mol. The first-order valence-corrected chi connectivity index (χ1v) is 7.73. The molecule has 0 spiro atoms. The van der Waals surface area contributed by atoms with Gasteiger partial charge in [0.2, 0.25) is 0 Å². The van der Waals surface area contributed by atoms with Crippen LogP contribution >= 0.6 is 0 Å². The van der Waals surface area contributed by atoms with Crippen LogP contribution in [0.1, 0.15) is 28.2 Å². The van der Waals surface area contributed by atoms with Crippen LogP contribution in [0.25, 0.3) is 0 Å². The van der Waals surface area contributed by atoms with Crippen LogP contribution in [0.4, 0.5) is 0 Å². The summed E-state index contributed by atoms with van der Waals surface area (Å²) < 4.78 is 11.1. The molecule has 1 N–H and O–H groups in total. The molecule has 23 heavy (non-hydrogen) atoms. The van der Waals surface area contributed by atoms with Gasteiger partial charge in [0.25, 0.3) is 0 Å². The van der Waals surface area contributed by atoms with E-state index in [4.69, 9.17) is 9.47 Å². The fraction of sp³-hybridized carbons (Fsp3) is 0.316. The van der Waals surface area contributed by atoms with E-state index in [2.05, 4.69) is 0 Å². The summed E-state index contributed by atoms with van der Waals surface area (Å²) in [5, 5.41) is 9.69. The number of hydrogen-bond acceptors (Lipinski definition) is 3. The molecule has 0 radical (unpaired) electrons. The molecule has 0 saturated heterocycles. The minimum absolute atomic E-state index is 0.427. The summed E-state index contributed by atoms with van der Waals surface area (Å²) in [6, 6.07) is 11.6. The topological polar surface area (TPSA) is 55.8 Å². The van der Waals surface area contributed by atoms with E-state index in [0.29, 0.717) is 25.4 Å². The third-order valence-corrected chi connectivity index (χ3v) is 4.15. The second kappa shape index (κ2) is 6.32. The van der Waals surface area contributed by atoms with E-state index in [1.165, 1.54) is 0 Å². The fourth-order valence-corrected chi connectivity index (χ4v) is 2.92. The first-order valence-electron chi connectivity index (χ1n) is 7.73. The molecule has 0 saturated carbocycles. The molecule has 1 unspecified atom stereocenters. The van der Waals surface area contributed by atoms with Gasteiger partial charge in [-0.25, -0.2) is 0 Å². The molecule has 0 aliphatic carbocycles. The second-order valence-corrected chi connectivity index (χ2v) is 5.93. The summed E-state index contributed by atoms with van der Waals surface area (Å²) in [5.41, 5.74) is 3.87. The Kier molecular flexibility index (Phi) is 4.24. The van der Waals surface area contributed by atoms with Gasteiger partial charge in [-0.2, -0.15) is 0 Å². The molecule has 2 aromatic rings. The Labute approximate surface area is 135 Å². The average Bonchev–Trinajstić information content (AvgIpc) is 2.54. The Hall–Kier alpha value is -2.49. The molecule has 1 aliphatic rings. The van der Waals surface area contributed by atoms with Gasteiger partial charge in [-0.1, -0.05) is 29.8 Å². The molecule has 120 valence electrons. The number of hydrogen-bond donors (Lipinski definition) is 1. The van der Waals surface area contributed by atoms with Gasteiger partial charge in [0, 0.05) is 0 Å². The van der Waals surface area contributed by atoms with E-state index >= 15 is 0 Å². The zero-order chi connectivity index (χ0) is 16.4. The smallest absolute Gasteiger partial charge is 0.311 e. The first-order chi connectivity index (χ1) is 11.0. The van der Waals surface area contributed by atoms with Crippen LogP contribution in [0.5, 0.6) is 11.5 Å². The van der Waals surface area contributed by atoms with Crippen LogP contribution in [-0.4, -0.2) is 24.3 Å². The second-order valence-electron chi connectivity index (χ2n) is 5.93. The Morgan fingerprint density at radius 2 is 1.83 bits per heavy atom. The van der Waals surface area contributed by atoms with Gasteiger partial charge in [-0.05, 0) is 49.1 Å². The minimum atomic E-state index is -0.811. The van der Waals surface area contributed by atoms with Crippen molar-refractivity contribution in [2.75, 3.05) is 13.2 Å². The van der Waals surface area contributed by atoms with Crippen LogP contribution in [0, 0.1) is 13.8 Å². The third-order valence-electron chi connectivity index (χ3n) is 4.15. The predicted octanol–water partition coefficient (Wildman–Crippen LogP) is 3.49. The molecule has 4 nitrogen and oxygen atoms in total. The standard InChI is InChI=1S/C19H20O4/c1-12-3-4-13(2)15(9-12)16(19(20)21)10-14-5-6-17-18(11-14)23-8-7-22-17/h3-6,9,11,16H,7-8,10H2,1-2H3,(H,20,21). The SMILES string of the molecule is Cc1ccc(C)c(C(Cc2ccc3c(c2)OCCO3)C(=O)O)c1. The van der Waals surface area contributed by atoms with Gasteiger partial charge >= 0.3 is 5.97 Å². The number of carboxylic acid groups (broad SMARTS) is 1. The van der Waals surface area contributed by atoms with Crippen LogP contribution in [0.3, 0.4) is 0 Å². The van der Waals surface area contributed by atoms with Crippen LogP contribution < -0.4 is 9.47 Å². The maximum atomic E-state index is 11.8. The van der Waals surface area contributed by atoms with Gasteiger partial charge in [-0.3, -0.25) is 4.79 Å². The van der Waals surface area contributed by atoms with Gasteiger partial charge in [-0.15, -0.1) is 0 Å². The van der Waals surface area contributed by atoms with Crippen molar-refractivity contribution in [2.24, 2.45) is 0 Å². The van der Waals surface area contributed by atoms with E-state index in [9.17, 15) is 9.90 Å². The van der Waals surface area contributed by atoms with Crippen molar-refractivity contribution < 1.29 is 19.4 Å². The Morgan fingerprint density at radius 1 is 1.09 bits per heavy atom. The van der Waals surface area contributed by atoms with Gasteiger partial charge in [0.1, 0.15) is 13.2 Å². The lowest BCUT2D eigenvalue weighted by Gasteiger charge is -2.20. The van der Waals surface area contributed by atoms with Crippen molar-refractivity contribution in [1.82, 2.24) is 0 Å². The number of aliphatic carboxylic acids is 1. The van der Waals surface area contributed by atoms with Crippen molar-refractivity contribution in [3.8, 4) is 11.5 Å². The molecule has 0 aromatic heterocycles. The predicted molar refractivity (Wildman–Crippen MR) is 87.4 cm³/mol. The largest absolute Gasteiger partial charge is 0.486 e. The number of carboxylic acids is 1. The number of aryl methyl sites for hydroxylation is 2. The highest BCUT2D eigenvalue weighted by Gasteiger charge is 2.23. The highest BCUT2D eigenvalue weighted by molar-refractivity contribution is 5.77. The maximum Gasteiger partial charge on any atom is 0.311 e. The van der Waals surface area contributed by atoms with Gasteiger partial charge < -0.3 is 14.6 Å². The zero-order valence-corrected chi connectivity index (χ0v) is 13.3. The Balaban J connectivity index is 1.91. The Morgan fingerprint density at radius 3 is 2.57 bits per heavy atom. The normalized spacial score (nSPS) is 14.3. The number of carbonyl (C=O) groups is 1. The fourth-order valence-electron chi connectivity index (χ4n) is 2.92. The lowest BCUT2D eigenvalue weighted by molar-refractivity contribution is -0.138. The summed E-state index contributed by atoms with van der Waals surface area (Å²) in [6.07, 6.45) is 0.427. The average molecular weight is 312 g/mol. The van der Waals surface area contributed by atoms with Crippen LogP contribution in [0.2, 0.25) is 0 Å². The van der Waals surface area contributed by atoms with E-state index in [1.54, 1.807) is 0 Å². The number of rotatable bonds is 4. The maximum absolute atomic E-state index is 11.8. The molecule has 4 heteroatoms. The molecule has 0 bridgehead atoms. The van der Waals surface area contributed by atoms with Crippen molar-refractivity contribution in [1.29, 1.82) is 0 Å². The van der Waals surface area contributed by atoms with Crippen LogP contribution in [-0.2, 0) is 11.2 Å². The third kappa shape index (κ3) is 3.31. The first kappa shape index (κ1) is 15.4. The molecule has 2 aromatic carbocycles. The molecular formula is C19H20O4. The van der Waals surface area contributed by atoms with Crippen molar-refractivity contribution >= 4 is 5.97 Å². The van der Waals surface area contributed by atoms with Crippen molar-refractivity contribution in [3.05, 3.63) is 58.7 Å².